The second kappa shape index (κ2) is 6.27. The van der Waals surface area contributed by atoms with Crippen molar-refractivity contribution in [2.24, 2.45) is 0 Å². The number of esters is 1. The quantitative estimate of drug-likeness (QED) is 0.593. The smallest absolute Gasteiger partial charge is 0.380 e. The number of rotatable bonds is 6. The number of hydrogen-bond donors (Lipinski definition) is 0. The molecule has 112 valence electrons. The fourth-order valence-corrected chi connectivity index (χ4v) is 2.04. The summed E-state index contributed by atoms with van der Waals surface area (Å²) < 4.78 is 58.9. The molecule has 0 fully saturated rings. The highest BCUT2D eigenvalue weighted by molar-refractivity contribution is 7.86. The summed E-state index contributed by atoms with van der Waals surface area (Å²) in [6, 6.07) is 6.89. The van der Waals surface area contributed by atoms with Crippen LogP contribution in [0.3, 0.4) is 0 Å². The number of ether oxygens (including phenoxy) is 1. The van der Waals surface area contributed by atoms with Gasteiger partial charge in [0.1, 0.15) is 0 Å². The molecular weight excluding hydrogens is 294 g/mol. The predicted octanol–water partition coefficient (Wildman–Crippen LogP) is 1.90. The van der Waals surface area contributed by atoms with Gasteiger partial charge in [-0.1, -0.05) is 30.3 Å². The number of hydrogen-bond acceptors (Lipinski definition) is 5. The average Bonchev–Trinajstić information content (AvgIpc) is 2.36. The Hall–Kier alpha value is -1.54. The van der Waals surface area contributed by atoms with Crippen LogP contribution >= 0.6 is 0 Å². The Morgan fingerprint density at radius 3 is 2.30 bits per heavy atom. The number of benzene rings is 1. The molecule has 0 amide bonds. The maximum atomic E-state index is 14.0. The molecule has 0 spiro atoms. The first-order valence-corrected chi connectivity index (χ1v) is 7.48. The summed E-state index contributed by atoms with van der Waals surface area (Å²) in [4.78, 5) is 11.3. The van der Waals surface area contributed by atoms with E-state index in [1.807, 2.05) is 0 Å². The summed E-state index contributed by atoms with van der Waals surface area (Å²) in [5, 5.41) is 0. The number of carbonyl (C=O) groups is 1. The zero-order chi connectivity index (χ0) is 15.4. The van der Waals surface area contributed by atoms with Crippen LogP contribution in [-0.2, 0) is 23.8 Å². The van der Waals surface area contributed by atoms with Gasteiger partial charge in [-0.15, -0.1) is 0 Å². The summed E-state index contributed by atoms with van der Waals surface area (Å²) in [6.45, 7) is 1.11. The third kappa shape index (κ3) is 4.24. The summed E-state index contributed by atoms with van der Waals surface area (Å²) in [7, 11) is -4.19. The van der Waals surface area contributed by atoms with Crippen LogP contribution in [0.25, 0.3) is 0 Å². The molecule has 1 rings (SSSR count). The van der Waals surface area contributed by atoms with E-state index in [2.05, 4.69) is 8.92 Å². The summed E-state index contributed by atoms with van der Waals surface area (Å²) in [5.74, 6) is -5.96. The van der Waals surface area contributed by atoms with Crippen molar-refractivity contribution in [1.82, 2.24) is 0 Å². The van der Waals surface area contributed by atoms with Gasteiger partial charge in [0.15, 0.2) is 6.10 Å². The molecule has 8 heteroatoms. The van der Waals surface area contributed by atoms with Gasteiger partial charge in [-0.2, -0.15) is 17.2 Å². The normalized spacial score (nSPS) is 13.8. The molecule has 1 aromatic rings. The summed E-state index contributed by atoms with van der Waals surface area (Å²) in [6.07, 6.45) is -1.64. The van der Waals surface area contributed by atoms with Gasteiger partial charge in [-0.3, -0.25) is 4.18 Å². The monoisotopic (exact) mass is 308 g/mol. The van der Waals surface area contributed by atoms with Crippen LogP contribution in [-0.4, -0.2) is 33.2 Å². The van der Waals surface area contributed by atoms with Crippen molar-refractivity contribution in [2.45, 2.75) is 19.0 Å². The van der Waals surface area contributed by atoms with Gasteiger partial charge in [-0.05, 0) is 12.5 Å². The first-order valence-electron chi connectivity index (χ1n) is 5.66. The van der Waals surface area contributed by atoms with Crippen LogP contribution < -0.4 is 0 Å². The van der Waals surface area contributed by atoms with Gasteiger partial charge < -0.3 is 4.74 Å². The van der Waals surface area contributed by atoms with Gasteiger partial charge in [0.05, 0.1) is 12.9 Å². The Balaban J connectivity index is 3.20. The lowest BCUT2D eigenvalue weighted by Crippen LogP contribution is -2.39. The van der Waals surface area contributed by atoms with Gasteiger partial charge in [0.2, 0.25) is 0 Å². The zero-order valence-corrected chi connectivity index (χ0v) is 11.7. The Kier molecular flexibility index (Phi) is 5.18. The second-order valence-electron chi connectivity index (χ2n) is 3.93. The first kappa shape index (κ1) is 16.5. The third-order valence-electron chi connectivity index (χ3n) is 2.25. The summed E-state index contributed by atoms with van der Waals surface area (Å²) >= 11 is 0. The summed E-state index contributed by atoms with van der Waals surface area (Å²) in [5.41, 5.74) is -0.143. The van der Waals surface area contributed by atoms with Crippen LogP contribution in [0.2, 0.25) is 0 Å². The Morgan fingerprint density at radius 1 is 1.30 bits per heavy atom. The average molecular weight is 308 g/mol. The molecule has 0 saturated heterocycles. The number of carbonyl (C=O) groups excluding carboxylic acids is 1. The van der Waals surface area contributed by atoms with Gasteiger partial charge in [-0.25, -0.2) is 4.79 Å². The van der Waals surface area contributed by atoms with E-state index in [9.17, 15) is 22.0 Å². The molecule has 20 heavy (non-hydrogen) atoms. The molecule has 5 nitrogen and oxygen atoms in total. The van der Waals surface area contributed by atoms with Crippen molar-refractivity contribution >= 4 is 16.1 Å². The molecule has 0 saturated carbocycles. The maximum absolute atomic E-state index is 14.0. The second-order valence-corrected chi connectivity index (χ2v) is 5.54. The van der Waals surface area contributed by atoms with Crippen LogP contribution in [0.5, 0.6) is 0 Å². The number of alkyl halides is 2. The molecule has 0 bridgehead atoms. The largest absolute Gasteiger partial charge is 0.461 e. The molecule has 0 aliphatic carbocycles. The highest BCUT2D eigenvalue weighted by Crippen LogP contribution is 2.36. The molecule has 1 atom stereocenters. The van der Waals surface area contributed by atoms with Crippen molar-refractivity contribution in [3.63, 3.8) is 0 Å². The number of halogens is 2. The SMILES string of the molecule is CCOC(=O)C(F)(F)C(OS(C)(=O)=O)c1ccccc1. The molecule has 0 radical (unpaired) electrons. The molecule has 0 aliphatic heterocycles. The zero-order valence-electron chi connectivity index (χ0n) is 10.9. The van der Waals surface area contributed by atoms with E-state index >= 15 is 0 Å². The van der Waals surface area contributed by atoms with E-state index in [0.29, 0.717) is 6.26 Å². The lowest BCUT2D eigenvalue weighted by Gasteiger charge is -2.24. The van der Waals surface area contributed by atoms with Crippen LogP contribution in [0.15, 0.2) is 30.3 Å². The van der Waals surface area contributed by atoms with E-state index in [1.165, 1.54) is 31.2 Å². The van der Waals surface area contributed by atoms with E-state index in [-0.39, 0.29) is 12.2 Å². The van der Waals surface area contributed by atoms with Gasteiger partial charge >= 0.3 is 11.9 Å². The fourth-order valence-electron chi connectivity index (χ4n) is 1.46. The fraction of sp³-hybridized carbons (Fsp3) is 0.417. The Bertz CT molecular complexity index is 556. The molecule has 0 heterocycles. The molecule has 1 unspecified atom stereocenters. The van der Waals surface area contributed by atoms with E-state index in [0.717, 1.165) is 0 Å². The van der Waals surface area contributed by atoms with E-state index in [1.54, 1.807) is 6.07 Å². The Labute approximate surface area is 115 Å². The van der Waals surface area contributed by atoms with Crippen molar-refractivity contribution in [3.05, 3.63) is 35.9 Å². The van der Waals surface area contributed by atoms with E-state index < -0.39 is 28.1 Å². The van der Waals surface area contributed by atoms with Gasteiger partial charge in [0, 0.05) is 0 Å². The lowest BCUT2D eigenvalue weighted by molar-refractivity contribution is -0.185. The van der Waals surface area contributed by atoms with Crippen LogP contribution in [0.1, 0.15) is 18.6 Å². The van der Waals surface area contributed by atoms with Crippen LogP contribution in [0, 0.1) is 0 Å². The Morgan fingerprint density at radius 2 is 1.85 bits per heavy atom. The first-order chi connectivity index (χ1) is 9.18. The molecule has 0 aliphatic rings. The minimum atomic E-state index is -4.19. The highest BCUT2D eigenvalue weighted by Gasteiger charge is 2.52. The molecule has 0 aromatic heterocycles. The minimum absolute atomic E-state index is 0.143. The van der Waals surface area contributed by atoms with Crippen LogP contribution in [0.4, 0.5) is 8.78 Å². The maximum Gasteiger partial charge on any atom is 0.380 e. The topological polar surface area (TPSA) is 69.7 Å². The van der Waals surface area contributed by atoms with Gasteiger partial charge in [0.25, 0.3) is 10.1 Å². The molecule has 0 N–H and O–H groups in total. The highest BCUT2D eigenvalue weighted by atomic mass is 32.2. The predicted molar refractivity (Wildman–Crippen MR) is 66.7 cm³/mol. The molecular formula is C12H14F2O5S. The van der Waals surface area contributed by atoms with Crippen molar-refractivity contribution in [2.75, 3.05) is 12.9 Å². The third-order valence-corrected chi connectivity index (χ3v) is 2.79. The molecule has 1 aromatic carbocycles. The standard InChI is InChI=1S/C12H14F2O5S/c1-3-18-11(15)12(13,14)10(19-20(2,16)17)9-7-5-4-6-8-9/h4-8,10H,3H2,1-2H3. The van der Waals surface area contributed by atoms with Crippen molar-refractivity contribution in [3.8, 4) is 0 Å². The van der Waals surface area contributed by atoms with Crippen molar-refractivity contribution < 1.29 is 30.9 Å². The lowest BCUT2D eigenvalue weighted by atomic mass is 10.0. The van der Waals surface area contributed by atoms with E-state index in [4.69, 9.17) is 0 Å². The minimum Gasteiger partial charge on any atom is -0.461 e. The van der Waals surface area contributed by atoms with Crippen molar-refractivity contribution in [1.29, 1.82) is 0 Å².